The molecule has 3 aromatic rings. The second kappa shape index (κ2) is 8.94. The Balaban J connectivity index is 1.88. The average Bonchev–Trinajstić information content (AvgIpc) is 2.75. The van der Waals surface area contributed by atoms with Crippen molar-refractivity contribution >= 4 is 23.0 Å². The van der Waals surface area contributed by atoms with Crippen molar-refractivity contribution in [2.24, 2.45) is 15.3 Å². The van der Waals surface area contributed by atoms with E-state index in [1.807, 2.05) is 12.1 Å². The van der Waals surface area contributed by atoms with E-state index < -0.39 is 4.92 Å². The minimum atomic E-state index is -0.536. The van der Waals surface area contributed by atoms with Gasteiger partial charge in [-0.25, -0.2) is 4.98 Å². The number of hydrogen-bond acceptors (Lipinski definition) is 8. The number of ether oxygens (including phenoxy) is 1. The second-order valence-corrected chi connectivity index (χ2v) is 5.29. The van der Waals surface area contributed by atoms with Crippen LogP contribution in [0.3, 0.4) is 0 Å². The van der Waals surface area contributed by atoms with Gasteiger partial charge in [0.1, 0.15) is 17.6 Å². The molecule has 2 aromatic heterocycles. The van der Waals surface area contributed by atoms with Crippen molar-refractivity contribution in [1.29, 1.82) is 0 Å². The fraction of sp³-hybridized carbons (Fsp3) is 0.0556. The summed E-state index contributed by atoms with van der Waals surface area (Å²) >= 11 is 0. The van der Waals surface area contributed by atoms with Crippen LogP contribution in [0.1, 0.15) is 5.69 Å². The van der Waals surface area contributed by atoms with Gasteiger partial charge in [-0.2, -0.15) is 5.10 Å². The SMILES string of the molecule is COc1ccccc1NN=C(N=Nc1ccc([N+](=O)[O-])cn1)c1ccccn1. The molecular formula is C18H15N7O3. The molecule has 0 unspecified atom stereocenters. The first kappa shape index (κ1) is 18.6. The molecule has 0 aliphatic rings. The molecule has 140 valence electrons. The highest BCUT2D eigenvalue weighted by molar-refractivity contribution is 5.97. The standard InChI is InChI=1S/C18H15N7O3/c1-28-16-8-3-2-6-14(16)21-23-18(15-7-4-5-11-19-15)24-22-17-10-9-13(12-20-17)25(26)27/h2-12,21H,1H3. The van der Waals surface area contributed by atoms with Gasteiger partial charge in [-0.1, -0.05) is 18.2 Å². The van der Waals surface area contributed by atoms with E-state index in [0.717, 1.165) is 6.20 Å². The summed E-state index contributed by atoms with van der Waals surface area (Å²) in [7, 11) is 1.56. The van der Waals surface area contributed by atoms with Crippen LogP contribution in [0.5, 0.6) is 5.75 Å². The van der Waals surface area contributed by atoms with E-state index in [9.17, 15) is 10.1 Å². The third kappa shape index (κ3) is 4.69. The zero-order chi connectivity index (χ0) is 19.8. The monoisotopic (exact) mass is 377 g/mol. The number of nitro groups is 1. The summed E-state index contributed by atoms with van der Waals surface area (Å²) in [5.74, 6) is 1.01. The molecular weight excluding hydrogens is 362 g/mol. The number of anilines is 1. The third-order valence-electron chi connectivity index (χ3n) is 3.47. The van der Waals surface area contributed by atoms with Crippen molar-refractivity contribution in [3.8, 4) is 5.75 Å². The van der Waals surface area contributed by atoms with Crippen LogP contribution in [0, 0.1) is 10.1 Å². The number of aromatic nitrogens is 2. The normalized spacial score (nSPS) is 11.4. The lowest BCUT2D eigenvalue weighted by atomic mass is 10.3. The largest absolute Gasteiger partial charge is 0.495 e. The van der Waals surface area contributed by atoms with E-state index in [-0.39, 0.29) is 17.3 Å². The van der Waals surface area contributed by atoms with Gasteiger partial charge in [0.05, 0.1) is 17.7 Å². The van der Waals surface area contributed by atoms with Gasteiger partial charge in [0.15, 0.2) is 5.82 Å². The highest BCUT2D eigenvalue weighted by Crippen LogP contribution is 2.23. The minimum Gasteiger partial charge on any atom is -0.495 e. The van der Waals surface area contributed by atoms with Crippen molar-refractivity contribution < 1.29 is 9.66 Å². The maximum Gasteiger partial charge on any atom is 0.287 e. The van der Waals surface area contributed by atoms with Gasteiger partial charge in [-0.05, 0) is 30.3 Å². The number of amidine groups is 1. The summed E-state index contributed by atoms with van der Waals surface area (Å²) in [5, 5.41) is 23.0. The number of pyridine rings is 2. The van der Waals surface area contributed by atoms with Crippen LogP contribution in [-0.4, -0.2) is 27.8 Å². The maximum absolute atomic E-state index is 10.7. The molecule has 0 atom stereocenters. The first-order valence-corrected chi connectivity index (χ1v) is 8.07. The van der Waals surface area contributed by atoms with E-state index in [1.54, 1.807) is 43.6 Å². The molecule has 10 nitrogen and oxygen atoms in total. The molecule has 28 heavy (non-hydrogen) atoms. The van der Waals surface area contributed by atoms with Crippen LogP contribution in [0.25, 0.3) is 0 Å². The molecule has 0 radical (unpaired) electrons. The predicted molar refractivity (Wildman–Crippen MR) is 103 cm³/mol. The average molecular weight is 377 g/mol. The number of rotatable bonds is 6. The summed E-state index contributed by atoms with van der Waals surface area (Å²) < 4.78 is 5.28. The lowest BCUT2D eigenvalue weighted by Crippen LogP contribution is -2.04. The molecule has 0 saturated heterocycles. The van der Waals surface area contributed by atoms with E-state index in [2.05, 4.69) is 30.7 Å². The van der Waals surface area contributed by atoms with Crippen LogP contribution >= 0.6 is 0 Å². The number of benzene rings is 1. The van der Waals surface area contributed by atoms with Crippen molar-refractivity contribution in [3.63, 3.8) is 0 Å². The molecule has 0 aliphatic carbocycles. The van der Waals surface area contributed by atoms with E-state index in [0.29, 0.717) is 17.1 Å². The summed E-state index contributed by atoms with van der Waals surface area (Å²) in [6.45, 7) is 0. The van der Waals surface area contributed by atoms with Crippen LogP contribution in [0.15, 0.2) is 82.3 Å². The Morgan fingerprint density at radius 2 is 1.93 bits per heavy atom. The highest BCUT2D eigenvalue weighted by Gasteiger charge is 2.08. The van der Waals surface area contributed by atoms with Gasteiger partial charge >= 0.3 is 0 Å². The van der Waals surface area contributed by atoms with Crippen LogP contribution < -0.4 is 10.2 Å². The third-order valence-corrected chi connectivity index (χ3v) is 3.47. The van der Waals surface area contributed by atoms with Crippen LogP contribution in [0.4, 0.5) is 17.2 Å². The molecule has 1 aromatic carbocycles. The van der Waals surface area contributed by atoms with Gasteiger partial charge in [0, 0.05) is 12.3 Å². The lowest BCUT2D eigenvalue weighted by molar-refractivity contribution is -0.385. The number of para-hydroxylation sites is 2. The van der Waals surface area contributed by atoms with Crippen molar-refractivity contribution in [3.05, 3.63) is 82.8 Å². The van der Waals surface area contributed by atoms with E-state index >= 15 is 0 Å². The lowest BCUT2D eigenvalue weighted by Gasteiger charge is -2.07. The highest BCUT2D eigenvalue weighted by atomic mass is 16.6. The Morgan fingerprint density at radius 3 is 2.61 bits per heavy atom. The summed E-state index contributed by atoms with van der Waals surface area (Å²) in [4.78, 5) is 18.3. The number of azo groups is 1. The van der Waals surface area contributed by atoms with Gasteiger partial charge in [0.25, 0.3) is 5.69 Å². The molecule has 0 amide bonds. The molecule has 3 rings (SSSR count). The Morgan fingerprint density at radius 1 is 1.11 bits per heavy atom. The van der Waals surface area contributed by atoms with E-state index in [1.165, 1.54) is 12.1 Å². The zero-order valence-electron chi connectivity index (χ0n) is 14.8. The van der Waals surface area contributed by atoms with Gasteiger partial charge in [0.2, 0.25) is 5.84 Å². The molecule has 10 heteroatoms. The molecule has 0 saturated carbocycles. The number of nitrogens with one attached hydrogen (secondary N) is 1. The zero-order valence-corrected chi connectivity index (χ0v) is 14.8. The van der Waals surface area contributed by atoms with Gasteiger partial charge in [-0.15, -0.1) is 10.2 Å². The van der Waals surface area contributed by atoms with Crippen molar-refractivity contribution in [2.75, 3.05) is 12.5 Å². The molecule has 0 spiro atoms. The summed E-state index contributed by atoms with van der Waals surface area (Å²) in [6, 6.07) is 15.2. The summed E-state index contributed by atoms with van der Waals surface area (Å²) in [6.07, 6.45) is 2.71. The Labute approximate surface area is 159 Å². The first-order valence-electron chi connectivity index (χ1n) is 8.07. The molecule has 2 heterocycles. The molecule has 0 fully saturated rings. The van der Waals surface area contributed by atoms with Crippen LogP contribution in [-0.2, 0) is 0 Å². The quantitative estimate of drug-likeness (QED) is 0.228. The fourth-order valence-corrected chi connectivity index (χ4v) is 2.12. The number of nitrogens with zero attached hydrogens (tertiary/aromatic N) is 6. The minimum absolute atomic E-state index is 0.129. The maximum atomic E-state index is 10.7. The van der Waals surface area contributed by atoms with Crippen LogP contribution in [0.2, 0.25) is 0 Å². The number of hydrogen-bond donors (Lipinski definition) is 1. The van der Waals surface area contributed by atoms with Crippen molar-refractivity contribution in [1.82, 2.24) is 9.97 Å². The number of methoxy groups -OCH3 is 1. The Bertz CT molecular complexity index is 1010. The topological polar surface area (TPSA) is 127 Å². The van der Waals surface area contributed by atoms with Gasteiger partial charge in [-0.3, -0.25) is 20.5 Å². The van der Waals surface area contributed by atoms with E-state index in [4.69, 9.17) is 4.74 Å². The van der Waals surface area contributed by atoms with Crippen molar-refractivity contribution in [2.45, 2.75) is 0 Å². The number of hydrazone groups is 1. The Kier molecular flexibility index (Phi) is 5.93. The smallest absolute Gasteiger partial charge is 0.287 e. The van der Waals surface area contributed by atoms with Gasteiger partial charge < -0.3 is 4.74 Å². The fourth-order valence-electron chi connectivity index (χ4n) is 2.12. The first-order chi connectivity index (χ1) is 13.7. The predicted octanol–water partition coefficient (Wildman–Crippen LogP) is 3.95. The Hall–Kier alpha value is -4.21. The molecule has 0 aliphatic heterocycles. The second-order valence-electron chi connectivity index (χ2n) is 5.29. The molecule has 1 N–H and O–H groups in total. The summed E-state index contributed by atoms with van der Waals surface area (Å²) in [5.41, 5.74) is 3.88. The molecule has 0 bridgehead atoms.